The molecular weight excluding hydrogens is 813 g/mol. The van der Waals surface area contributed by atoms with Gasteiger partial charge in [-0.25, -0.2) is 15.0 Å². The summed E-state index contributed by atoms with van der Waals surface area (Å²) < 4.78 is 11.0. The lowest BCUT2D eigenvalue weighted by Crippen LogP contribution is -2.26. The number of rotatable bonds is 20. The Bertz CT molecular complexity index is 2350. The van der Waals surface area contributed by atoms with Gasteiger partial charge in [0.25, 0.3) is 0 Å². The molecule has 1 saturated heterocycles. The molecule has 0 aromatic heterocycles. The van der Waals surface area contributed by atoms with Crippen LogP contribution in [-0.4, -0.2) is 53.7 Å². The Kier molecular flexibility index (Phi) is 16.4. The summed E-state index contributed by atoms with van der Waals surface area (Å²) in [5.41, 5.74) is 10.9. The fraction of sp³-hybridized carbons (Fsp3) is 0.527. The number of ketones is 1. The summed E-state index contributed by atoms with van der Waals surface area (Å²) in [5.74, 6) is -0.860. The summed E-state index contributed by atoms with van der Waals surface area (Å²) in [7, 11) is 1.28. The van der Waals surface area contributed by atoms with Gasteiger partial charge in [-0.3, -0.25) is 14.4 Å². The number of ether oxygens (including phenoxy) is 2. The van der Waals surface area contributed by atoms with E-state index in [9.17, 15) is 19.5 Å². The number of aliphatic hydroxyl groups excluding tert-OH is 1. The van der Waals surface area contributed by atoms with E-state index < -0.39 is 11.9 Å². The van der Waals surface area contributed by atoms with Gasteiger partial charge in [0.05, 0.1) is 47.6 Å². The Morgan fingerprint density at radius 1 is 0.908 bits per heavy atom. The minimum Gasteiger partial charge on any atom is -0.515 e. The van der Waals surface area contributed by atoms with Crippen molar-refractivity contribution in [2.24, 2.45) is 50.5 Å². The number of allylic oxidation sites excluding steroid dienone is 13. The lowest BCUT2D eigenvalue weighted by molar-refractivity contribution is -0.146. The van der Waals surface area contributed by atoms with Crippen LogP contribution in [0.15, 0.2) is 131 Å². The Morgan fingerprint density at radius 2 is 1.58 bits per heavy atom. The van der Waals surface area contributed by atoms with Crippen molar-refractivity contribution in [2.75, 3.05) is 13.7 Å². The molecule has 6 aliphatic rings. The smallest absolute Gasteiger partial charge is 0.321 e. The average Bonchev–Trinajstić information content (AvgIpc) is 4.02. The van der Waals surface area contributed by atoms with Gasteiger partial charge in [-0.15, -0.1) is 0 Å². The van der Waals surface area contributed by atoms with E-state index in [0.29, 0.717) is 75.1 Å². The number of carbonyl (C=O) groups excluding carboxylic acids is 3. The first-order valence-electron chi connectivity index (χ1n) is 24.1. The van der Waals surface area contributed by atoms with Crippen molar-refractivity contribution < 1.29 is 29.0 Å². The summed E-state index contributed by atoms with van der Waals surface area (Å²) in [6.07, 6.45) is 22.8. The van der Waals surface area contributed by atoms with Gasteiger partial charge in [-0.2, -0.15) is 0 Å². The van der Waals surface area contributed by atoms with Crippen LogP contribution in [-0.2, 0) is 23.9 Å². The monoisotopic (exact) mass is 885 g/mol. The second kappa shape index (κ2) is 21.7. The van der Waals surface area contributed by atoms with Gasteiger partial charge in [0.2, 0.25) is 0 Å². The van der Waals surface area contributed by atoms with Gasteiger partial charge in [0.1, 0.15) is 12.5 Å². The number of aliphatic hydroxyl groups is 1. The second-order valence-electron chi connectivity index (χ2n) is 19.4. The van der Waals surface area contributed by atoms with Crippen molar-refractivity contribution >= 4 is 34.9 Å². The lowest BCUT2D eigenvalue weighted by Gasteiger charge is -2.19. The van der Waals surface area contributed by atoms with Crippen LogP contribution < -0.4 is 5.32 Å². The standard InChI is InChI=1S/C55H72N4O6/c1-12-38-35(8)42-27-46-39(13-2)41(30-60)47(57-46)28-43-36(9)40(52(58-43)50-51(55(63)64-11)54(62)49-37(10)44(59-53(49)50)29-45(38)56-42)23-24-48(61)65-26-25-34(7)22-16-21-33(6)20-15-19-32(5)18-14-17-31(3)4/h13,25,27-33,36,40,51,58,60H,2,12,14-24,26H2,1,3-11H3. The van der Waals surface area contributed by atoms with Crippen LogP contribution in [0.2, 0.25) is 0 Å². The number of nitrogens with one attached hydrogen (secondary N) is 1. The van der Waals surface area contributed by atoms with E-state index in [-0.39, 0.29) is 36.6 Å². The zero-order valence-electron chi connectivity index (χ0n) is 40.7. The van der Waals surface area contributed by atoms with Crippen molar-refractivity contribution in [3.05, 3.63) is 116 Å². The van der Waals surface area contributed by atoms with E-state index in [1.54, 1.807) is 6.08 Å². The van der Waals surface area contributed by atoms with Crippen molar-refractivity contribution in [3.8, 4) is 0 Å². The van der Waals surface area contributed by atoms with Crippen molar-refractivity contribution in [2.45, 2.75) is 139 Å². The molecule has 2 fully saturated rings. The Labute approximate surface area is 387 Å². The minimum atomic E-state index is -1.24. The number of hydrogen-bond acceptors (Lipinski definition) is 10. The number of Topliss-reactive ketones (excluding diaryl/α,β-unsaturated/α-hetero) is 1. The Balaban J connectivity index is 1.21. The van der Waals surface area contributed by atoms with Crippen LogP contribution in [0.25, 0.3) is 0 Å². The number of esters is 2. The summed E-state index contributed by atoms with van der Waals surface area (Å²) in [4.78, 5) is 56.5. The molecule has 10 heteroatoms. The maximum atomic E-state index is 14.4. The summed E-state index contributed by atoms with van der Waals surface area (Å²) >= 11 is 0. The molecule has 1 aliphatic carbocycles. The molecule has 0 spiro atoms. The normalized spacial score (nSPS) is 23.2. The van der Waals surface area contributed by atoms with Crippen molar-refractivity contribution in [1.29, 1.82) is 0 Å². The van der Waals surface area contributed by atoms with E-state index in [1.807, 2.05) is 45.1 Å². The molecule has 348 valence electrons. The quantitative estimate of drug-likeness (QED) is 0.0537. The van der Waals surface area contributed by atoms with E-state index in [2.05, 4.69) is 53.4 Å². The molecule has 5 aliphatic heterocycles. The van der Waals surface area contributed by atoms with Crippen LogP contribution in [0.3, 0.4) is 0 Å². The van der Waals surface area contributed by atoms with E-state index in [4.69, 9.17) is 24.5 Å². The highest BCUT2D eigenvalue weighted by atomic mass is 16.5. The Hall–Kier alpha value is -5.38. The zero-order chi connectivity index (χ0) is 47.1. The predicted octanol–water partition coefficient (Wildman–Crippen LogP) is 12.1. The van der Waals surface area contributed by atoms with Crippen LogP contribution >= 0.6 is 0 Å². The molecule has 5 atom stereocenters. The molecule has 0 aromatic carbocycles. The topological polar surface area (TPSA) is 139 Å². The molecule has 65 heavy (non-hydrogen) atoms. The molecule has 10 nitrogen and oxygen atoms in total. The van der Waals surface area contributed by atoms with Crippen LogP contribution in [0.4, 0.5) is 0 Å². The number of fused-ring (bicyclic) bond motifs is 5. The van der Waals surface area contributed by atoms with E-state index in [1.165, 1.54) is 57.6 Å². The third kappa shape index (κ3) is 10.8. The van der Waals surface area contributed by atoms with Gasteiger partial charge in [-0.1, -0.05) is 105 Å². The number of carbonyl (C=O) groups is 3. The van der Waals surface area contributed by atoms with Crippen LogP contribution in [0.5, 0.6) is 0 Å². The molecule has 2 N–H and O–H groups in total. The second-order valence-corrected chi connectivity index (χ2v) is 19.4. The van der Waals surface area contributed by atoms with Gasteiger partial charge in [0, 0.05) is 51.9 Å². The molecule has 0 aromatic rings. The molecule has 5 unspecified atom stereocenters. The predicted molar refractivity (Wildman–Crippen MR) is 262 cm³/mol. The van der Waals surface area contributed by atoms with Crippen LogP contribution in [0, 0.1) is 35.5 Å². The molecule has 6 rings (SSSR count). The first-order valence-corrected chi connectivity index (χ1v) is 24.1. The maximum Gasteiger partial charge on any atom is 0.321 e. The molecule has 0 radical (unpaired) electrons. The number of nitrogens with zero attached hydrogens (tertiary/aromatic N) is 3. The summed E-state index contributed by atoms with van der Waals surface area (Å²) in [6, 6.07) is 0. The third-order valence-electron chi connectivity index (χ3n) is 14.2. The molecular formula is C55H72N4O6. The molecule has 1 saturated carbocycles. The van der Waals surface area contributed by atoms with Gasteiger partial charge in [-0.05, 0) is 105 Å². The first-order chi connectivity index (χ1) is 31.1. The summed E-state index contributed by atoms with van der Waals surface area (Å²) in [6.45, 7) is 23.7. The third-order valence-corrected chi connectivity index (χ3v) is 14.2. The zero-order valence-corrected chi connectivity index (χ0v) is 40.7. The minimum absolute atomic E-state index is 0.117. The highest BCUT2D eigenvalue weighted by Gasteiger charge is 2.52. The van der Waals surface area contributed by atoms with Crippen LogP contribution in [0.1, 0.15) is 139 Å². The Morgan fingerprint density at radius 3 is 2.23 bits per heavy atom. The van der Waals surface area contributed by atoms with Gasteiger partial charge >= 0.3 is 11.9 Å². The number of aliphatic imine (C=N–C) groups is 3. The molecule has 0 amide bonds. The van der Waals surface area contributed by atoms with Crippen molar-refractivity contribution in [3.63, 3.8) is 0 Å². The molecule has 5 heterocycles. The largest absolute Gasteiger partial charge is 0.515 e. The van der Waals surface area contributed by atoms with Crippen molar-refractivity contribution in [1.82, 2.24) is 5.32 Å². The highest BCUT2D eigenvalue weighted by Crippen LogP contribution is 2.47. The fourth-order valence-corrected chi connectivity index (χ4v) is 10.2. The van der Waals surface area contributed by atoms with E-state index >= 15 is 0 Å². The van der Waals surface area contributed by atoms with Gasteiger partial charge in [0.15, 0.2) is 5.78 Å². The van der Waals surface area contributed by atoms with Gasteiger partial charge < -0.3 is 19.9 Å². The summed E-state index contributed by atoms with van der Waals surface area (Å²) in [5, 5.41) is 14.2. The number of hydrogen-bond donors (Lipinski definition) is 2. The number of methoxy groups -OCH3 is 1. The van der Waals surface area contributed by atoms with E-state index in [0.717, 1.165) is 59.2 Å². The fourth-order valence-electron chi connectivity index (χ4n) is 10.2. The first kappa shape index (κ1) is 49.1. The molecule has 8 bridgehead atoms. The lowest BCUT2D eigenvalue weighted by atomic mass is 9.85. The highest BCUT2D eigenvalue weighted by molar-refractivity contribution is 6.42. The SMILES string of the molecule is C=CC1=C2C=C3N=C(C=C4N=C5C(=C4C)C(=O)C(C(=O)OC)C5=C4NC(=CC(=N2)C1=CO)C(C)C4CCC(=O)OCC=C(C)CCCC(C)CCCC(C)CCCC(C)C)C(CC)=C3C. The average molecular weight is 885 g/mol. The maximum absolute atomic E-state index is 14.4.